The van der Waals surface area contributed by atoms with Gasteiger partial charge in [-0.2, -0.15) is 0 Å². The van der Waals surface area contributed by atoms with Crippen LogP contribution in [0, 0.1) is 0 Å². The summed E-state index contributed by atoms with van der Waals surface area (Å²) < 4.78 is 5.12. The second-order valence-electron chi connectivity index (χ2n) is 5.39. The molecular weight excluding hydrogens is 252 g/mol. The zero-order chi connectivity index (χ0) is 14.4. The van der Waals surface area contributed by atoms with E-state index in [4.69, 9.17) is 4.74 Å². The molecule has 0 spiro atoms. The van der Waals surface area contributed by atoms with Gasteiger partial charge in [-0.25, -0.2) is 0 Å². The van der Waals surface area contributed by atoms with Gasteiger partial charge in [0.1, 0.15) is 5.75 Å². The topological polar surface area (TPSA) is 32.8 Å². The Kier molecular flexibility index (Phi) is 5.41. The number of ether oxygens (including phenoxy) is 1. The van der Waals surface area contributed by atoms with Crippen LogP contribution in [0.2, 0.25) is 0 Å². The Labute approximate surface area is 121 Å². The molecule has 110 valence electrons. The maximum absolute atomic E-state index is 12.1. The molecule has 1 aliphatic rings. The second kappa shape index (κ2) is 7.29. The van der Waals surface area contributed by atoms with Gasteiger partial charge < -0.3 is 14.5 Å². The zero-order valence-corrected chi connectivity index (χ0v) is 12.5. The van der Waals surface area contributed by atoms with Crippen molar-refractivity contribution < 1.29 is 9.53 Å². The van der Waals surface area contributed by atoms with Crippen LogP contribution in [0.1, 0.15) is 18.4 Å². The van der Waals surface area contributed by atoms with Crippen molar-refractivity contribution in [1.82, 2.24) is 9.80 Å². The molecular formula is C16H24N2O2. The average Bonchev–Trinajstić information content (AvgIpc) is 2.98. The molecule has 1 aliphatic heterocycles. The minimum absolute atomic E-state index is 0.175. The summed E-state index contributed by atoms with van der Waals surface area (Å²) in [5, 5.41) is 0. The molecule has 1 amide bonds. The highest BCUT2D eigenvalue weighted by molar-refractivity contribution is 5.78. The lowest BCUT2D eigenvalue weighted by Crippen LogP contribution is -2.35. The summed E-state index contributed by atoms with van der Waals surface area (Å²) >= 11 is 0. The summed E-state index contributed by atoms with van der Waals surface area (Å²) in [7, 11) is 3.54. The second-order valence-corrected chi connectivity index (χ2v) is 5.39. The largest absolute Gasteiger partial charge is 0.497 e. The number of methoxy groups -OCH3 is 1. The Hall–Kier alpha value is -1.55. The van der Waals surface area contributed by atoms with E-state index >= 15 is 0 Å². The molecule has 1 fully saturated rings. The third-order valence-corrected chi connectivity index (χ3v) is 3.89. The molecule has 0 unspecified atom stereocenters. The molecule has 1 saturated heterocycles. The van der Waals surface area contributed by atoms with Crippen molar-refractivity contribution >= 4 is 5.91 Å². The third-order valence-electron chi connectivity index (χ3n) is 3.89. The van der Waals surface area contributed by atoms with E-state index in [-0.39, 0.29) is 5.91 Å². The van der Waals surface area contributed by atoms with Crippen LogP contribution < -0.4 is 4.74 Å². The summed E-state index contributed by atoms with van der Waals surface area (Å²) in [4.78, 5) is 16.4. The number of hydrogen-bond donors (Lipinski definition) is 0. The third kappa shape index (κ3) is 4.23. The van der Waals surface area contributed by atoms with Gasteiger partial charge in [-0.05, 0) is 43.6 Å². The Morgan fingerprint density at radius 2 is 1.90 bits per heavy atom. The zero-order valence-electron chi connectivity index (χ0n) is 12.5. The van der Waals surface area contributed by atoms with Crippen LogP contribution >= 0.6 is 0 Å². The number of nitrogens with zero attached hydrogens (tertiary/aromatic N) is 2. The van der Waals surface area contributed by atoms with Crippen molar-refractivity contribution in [3.8, 4) is 5.75 Å². The number of benzene rings is 1. The molecule has 2 rings (SSSR count). The van der Waals surface area contributed by atoms with E-state index in [1.807, 2.05) is 36.2 Å². The highest BCUT2D eigenvalue weighted by atomic mass is 16.5. The lowest BCUT2D eigenvalue weighted by molar-refractivity contribution is -0.129. The predicted molar refractivity (Wildman–Crippen MR) is 80.0 cm³/mol. The molecule has 4 heteroatoms. The molecule has 4 nitrogen and oxygen atoms in total. The summed E-state index contributed by atoms with van der Waals surface area (Å²) in [5.74, 6) is 0.998. The van der Waals surface area contributed by atoms with Crippen LogP contribution in [0.25, 0.3) is 0 Å². The quantitative estimate of drug-likeness (QED) is 0.794. The van der Waals surface area contributed by atoms with E-state index < -0.39 is 0 Å². The van der Waals surface area contributed by atoms with Gasteiger partial charge in [0.05, 0.1) is 13.5 Å². The lowest BCUT2D eigenvalue weighted by Gasteiger charge is -2.21. The van der Waals surface area contributed by atoms with E-state index in [2.05, 4.69) is 4.90 Å². The van der Waals surface area contributed by atoms with Crippen LogP contribution in [-0.4, -0.2) is 56.0 Å². The number of likely N-dealkylation sites (tertiary alicyclic amines) is 1. The SMILES string of the molecule is COc1ccc(CC(=O)N(C)CCN2CCCC2)cc1. The maximum Gasteiger partial charge on any atom is 0.226 e. The summed E-state index contributed by atoms with van der Waals surface area (Å²) in [6, 6.07) is 7.69. The van der Waals surface area contributed by atoms with Gasteiger partial charge in [0, 0.05) is 20.1 Å². The molecule has 0 aromatic heterocycles. The van der Waals surface area contributed by atoms with Gasteiger partial charge in [0.2, 0.25) is 5.91 Å². The van der Waals surface area contributed by atoms with E-state index in [0.717, 1.165) is 24.4 Å². The fourth-order valence-corrected chi connectivity index (χ4v) is 2.48. The number of likely N-dealkylation sites (N-methyl/N-ethyl adjacent to an activating group) is 1. The number of amides is 1. The lowest BCUT2D eigenvalue weighted by atomic mass is 10.1. The first-order valence-electron chi connectivity index (χ1n) is 7.28. The van der Waals surface area contributed by atoms with Gasteiger partial charge in [0.15, 0.2) is 0 Å². The van der Waals surface area contributed by atoms with E-state index in [9.17, 15) is 4.79 Å². The van der Waals surface area contributed by atoms with Crippen LogP contribution in [-0.2, 0) is 11.2 Å². The van der Waals surface area contributed by atoms with Crippen molar-refractivity contribution in [1.29, 1.82) is 0 Å². The van der Waals surface area contributed by atoms with E-state index in [1.54, 1.807) is 7.11 Å². The van der Waals surface area contributed by atoms with Crippen molar-refractivity contribution in [2.24, 2.45) is 0 Å². The van der Waals surface area contributed by atoms with Gasteiger partial charge >= 0.3 is 0 Å². The van der Waals surface area contributed by atoms with Crippen LogP contribution in [0.5, 0.6) is 5.75 Å². The van der Waals surface area contributed by atoms with Crippen molar-refractivity contribution in [3.63, 3.8) is 0 Å². The molecule has 0 saturated carbocycles. The van der Waals surface area contributed by atoms with Gasteiger partial charge in [0.25, 0.3) is 0 Å². The Morgan fingerprint density at radius 1 is 1.25 bits per heavy atom. The van der Waals surface area contributed by atoms with Crippen LogP contribution in [0.3, 0.4) is 0 Å². The number of hydrogen-bond acceptors (Lipinski definition) is 3. The van der Waals surface area contributed by atoms with E-state index in [0.29, 0.717) is 6.42 Å². The van der Waals surface area contributed by atoms with E-state index in [1.165, 1.54) is 25.9 Å². The number of carbonyl (C=O) groups is 1. The first-order chi connectivity index (χ1) is 9.69. The molecule has 20 heavy (non-hydrogen) atoms. The van der Waals surface area contributed by atoms with Gasteiger partial charge in [-0.3, -0.25) is 4.79 Å². The van der Waals surface area contributed by atoms with Crippen LogP contribution in [0.4, 0.5) is 0 Å². The highest BCUT2D eigenvalue weighted by Crippen LogP contribution is 2.12. The van der Waals surface area contributed by atoms with Crippen LogP contribution in [0.15, 0.2) is 24.3 Å². The summed E-state index contributed by atoms with van der Waals surface area (Å²) in [6.07, 6.45) is 3.05. The fourth-order valence-electron chi connectivity index (χ4n) is 2.48. The molecule has 0 atom stereocenters. The first-order valence-corrected chi connectivity index (χ1v) is 7.28. The van der Waals surface area contributed by atoms with Gasteiger partial charge in [-0.1, -0.05) is 12.1 Å². The molecule has 1 aromatic carbocycles. The normalized spacial score (nSPS) is 15.3. The molecule has 0 N–H and O–H groups in total. The van der Waals surface area contributed by atoms with Crippen molar-refractivity contribution in [2.75, 3.05) is 40.3 Å². The monoisotopic (exact) mass is 276 g/mol. The molecule has 0 bridgehead atoms. The highest BCUT2D eigenvalue weighted by Gasteiger charge is 2.14. The summed E-state index contributed by atoms with van der Waals surface area (Å²) in [5.41, 5.74) is 1.03. The smallest absolute Gasteiger partial charge is 0.226 e. The molecule has 0 aliphatic carbocycles. The molecule has 0 radical (unpaired) electrons. The number of carbonyl (C=O) groups excluding carboxylic acids is 1. The van der Waals surface area contributed by atoms with Gasteiger partial charge in [-0.15, -0.1) is 0 Å². The Morgan fingerprint density at radius 3 is 2.50 bits per heavy atom. The van der Waals surface area contributed by atoms with Crippen molar-refractivity contribution in [2.45, 2.75) is 19.3 Å². The minimum atomic E-state index is 0.175. The first kappa shape index (κ1) is 14.9. The van der Waals surface area contributed by atoms with Crippen molar-refractivity contribution in [3.05, 3.63) is 29.8 Å². The molecule has 1 aromatic rings. The maximum atomic E-state index is 12.1. The molecule has 1 heterocycles. The summed E-state index contributed by atoms with van der Waals surface area (Å²) in [6.45, 7) is 4.17. The fraction of sp³-hybridized carbons (Fsp3) is 0.562. The standard InChI is InChI=1S/C16H24N2O2/c1-17(11-12-18-9-3-4-10-18)16(19)13-14-5-7-15(20-2)8-6-14/h5-8H,3-4,9-13H2,1-2H3. The number of rotatable bonds is 6. The average molecular weight is 276 g/mol. The Bertz CT molecular complexity index is 425. The Balaban J connectivity index is 1.77. The minimum Gasteiger partial charge on any atom is -0.497 e. The predicted octanol–water partition coefficient (Wildman–Crippen LogP) is 1.79.